The first-order valence-corrected chi connectivity index (χ1v) is 5.79. The van der Waals surface area contributed by atoms with Crippen molar-refractivity contribution in [2.75, 3.05) is 12.4 Å². The van der Waals surface area contributed by atoms with Crippen LogP contribution in [0.2, 0.25) is 0 Å². The molecule has 2 N–H and O–H groups in total. The van der Waals surface area contributed by atoms with Crippen molar-refractivity contribution in [2.24, 2.45) is 5.92 Å². The van der Waals surface area contributed by atoms with Gasteiger partial charge in [0.2, 0.25) is 5.91 Å². The van der Waals surface area contributed by atoms with Crippen LogP contribution in [0, 0.1) is 5.92 Å². The average molecular weight is 264 g/mol. The molecule has 1 fully saturated rings. The first kappa shape index (κ1) is 13.8. The molecule has 0 aromatic rings. The Balaban J connectivity index is 2.67. The molecule has 0 aromatic carbocycles. The largest absolute Gasteiger partial charge is 0.481 e. The Kier molecular flexibility index (Phi) is 4.74. The number of hydrogen-bond acceptors (Lipinski definition) is 3. The van der Waals surface area contributed by atoms with E-state index in [9.17, 15) is 14.4 Å². The SMILES string of the molecule is O=C(O)CCC(C(=O)O)N1CC(CCl)CC1=O. The quantitative estimate of drug-likeness (QED) is 0.676. The normalized spacial score (nSPS) is 21.6. The summed E-state index contributed by atoms with van der Waals surface area (Å²) in [6, 6.07) is -1.06. The maximum absolute atomic E-state index is 11.6. The van der Waals surface area contributed by atoms with Gasteiger partial charge in [-0.2, -0.15) is 0 Å². The number of halogens is 1. The topological polar surface area (TPSA) is 94.9 Å². The summed E-state index contributed by atoms with van der Waals surface area (Å²) in [5.74, 6) is -2.26. The van der Waals surface area contributed by atoms with Crippen LogP contribution in [0.1, 0.15) is 19.3 Å². The van der Waals surface area contributed by atoms with Crippen LogP contribution in [0.25, 0.3) is 0 Å². The van der Waals surface area contributed by atoms with Gasteiger partial charge >= 0.3 is 11.9 Å². The zero-order chi connectivity index (χ0) is 13.0. The lowest BCUT2D eigenvalue weighted by Gasteiger charge is -2.24. The Morgan fingerprint density at radius 3 is 2.53 bits per heavy atom. The van der Waals surface area contributed by atoms with E-state index in [1.165, 1.54) is 4.90 Å². The molecule has 0 aliphatic carbocycles. The fourth-order valence-corrected chi connectivity index (χ4v) is 2.09. The summed E-state index contributed by atoms with van der Waals surface area (Å²) in [5.41, 5.74) is 0. The third-order valence-corrected chi connectivity index (χ3v) is 3.19. The first-order chi connectivity index (χ1) is 7.95. The fourth-order valence-electron chi connectivity index (χ4n) is 1.89. The molecule has 6 nitrogen and oxygen atoms in total. The van der Waals surface area contributed by atoms with E-state index in [1.807, 2.05) is 0 Å². The van der Waals surface area contributed by atoms with E-state index in [2.05, 4.69) is 0 Å². The van der Waals surface area contributed by atoms with Crippen molar-refractivity contribution in [3.63, 3.8) is 0 Å². The number of carboxylic acids is 2. The van der Waals surface area contributed by atoms with Crippen LogP contribution < -0.4 is 0 Å². The van der Waals surface area contributed by atoms with Gasteiger partial charge in [0.1, 0.15) is 6.04 Å². The number of amides is 1. The number of carbonyl (C=O) groups excluding carboxylic acids is 1. The highest BCUT2D eigenvalue weighted by molar-refractivity contribution is 6.18. The van der Waals surface area contributed by atoms with Crippen molar-refractivity contribution in [1.29, 1.82) is 0 Å². The predicted octanol–water partition coefficient (Wildman–Crippen LogP) is 0.392. The van der Waals surface area contributed by atoms with Gasteiger partial charge in [0, 0.05) is 25.3 Å². The van der Waals surface area contributed by atoms with Crippen molar-refractivity contribution in [1.82, 2.24) is 4.90 Å². The number of rotatable bonds is 6. The average Bonchev–Trinajstić information content (AvgIpc) is 2.59. The van der Waals surface area contributed by atoms with E-state index < -0.39 is 18.0 Å². The van der Waals surface area contributed by atoms with Crippen molar-refractivity contribution in [3.05, 3.63) is 0 Å². The second kappa shape index (κ2) is 5.86. The van der Waals surface area contributed by atoms with E-state index in [4.69, 9.17) is 21.8 Å². The van der Waals surface area contributed by atoms with Gasteiger partial charge in [-0.15, -0.1) is 11.6 Å². The van der Waals surface area contributed by atoms with Crippen LogP contribution >= 0.6 is 11.6 Å². The van der Waals surface area contributed by atoms with E-state index in [0.29, 0.717) is 12.4 Å². The predicted molar refractivity (Wildman–Crippen MR) is 58.8 cm³/mol. The molecule has 7 heteroatoms. The molecular weight excluding hydrogens is 250 g/mol. The van der Waals surface area contributed by atoms with Gasteiger partial charge in [0.25, 0.3) is 0 Å². The van der Waals surface area contributed by atoms with Crippen LogP contribution in [0.5, 0.6) is 0 Å². The highest BCUT2D eigenvalue weighted by atomic mass is 35.5. The van der Waals surface area contributed by atoms with Crippen LogP contribution in [0.3, 0.4) is 0 Å². The van der Waals surface area contributed by atoms with Gasteiger partial charge < -0.3 is 15.1 Å². The summed E-state index contributed by atoms with van der Waals surface area (Å²) in [6.45, 7) is 0.291. The molecule has 1 saturated heterocycles. The molecule has 2 unspecified atom stereocenters. The smallest absolute Gasteiger partial charge is 0.326 e. The highest BCUT2D eigenvalue weighted by Crippen LogP contribution is 2.23. The molecule has 0 radical (unpaired) electrons. The highest BCUT2D eigenvalue weighted by Gasteiger charge is 2.37. The second-order valence-electron chi connectivity index (χ2n) is 4.06. The van der Waals surface area contributed by atoms with Gasteiger partial charge in [-0.05, 0) is 12.3 Å². The molecule has 2 atom stereocenters. The number of alkyl halides is 1. The van der Waals surface area contributed by atoms with Gasteiger partial charge in [-0.1, -0.05) is 0 Å². The molecule has 1 amide bonds. The van der Waals surface area contributed by atoms with E-state index in [0.717, 1.165) is 0 Å². The Bertz CT molecular complexity index is 333. The maximum Gasteiger partial charge on any atom is 0.326 e. The third-order valence-electron chi connectivity index (χ3n) is 2.75. The Morgan fingerprint density at radius 2 is 2.12 bits per heavy atom. The standard InChI is InChI=1S/C10H14ClNO5/c11-4-6-3-8(13)12(5-6)7(10(16)17)1-2-9(14)15/h6-7H,1-5H2,(H,14,15)(H,16,17). The van der Waals surface area contributed by atoms with Crippen LogP contribution in [0.4, 0.5) is 0 Å². The lowest BCUT2D eigenvalue weighted by molar-refractivity contribution is -0.149. The third kappa shape index (κ3) is 3.59. The molecule has 0 bridgehead atoms. The van der Waals surface area contributed by atoms with Gasteiger partial charge in [0.05, 0.1) is 0 Å². The van der Waals surface area contributed by atoms with E-state index in [-0.39, 0.29) is 31.1 Å². The summed E-state index contributed by atoms with van der Waals surface area (Å²) < 4.78 is 0. The van der Waals surface area contributed by atoms with Crippen LogP contribution in [-0.2, 0) is 14.4 Å². The first-order valence-electron chi connectivity index (χ1n) is 5.25. The molecule has 1 aliphatic rings. The zero-order valence-electron chi connectivity index (χ0n) is 9.13. The molecule has 17 heavy (non-hydrogen) atoms. The van der Waals surface area contributed by atoms with Gasteiger partial charge in [-0.3, -0.25) is 9.59 Å². The maximum atomic E-state index is 11.6. The molecule has 1 rings (SSSR count). The molecule has 1 heterocycles. The van der Waals surface area contributed by atoms with Crippen molar-refractivity contribution >= 4 is 29.4 Å². The number of aliphatic carboxylic acids is 2. The number of hydrogen-bond donors (Lipinski definition) is 2. The van der Waals surface area contributed by atoms with Crippen LogP contribution in [-0.4, -0.2) is 51.4 Å². The monoisotopic (exact) mass is 263 g/mol. The summed E-state index contributed by atoms with van der Waals surface area (Å²) in [4.78, 5) is 34.3. The van der Waals surface area contributed by atoms with Crippen molar-refractivity contribution in [3.8, 4) is 0 Å². The summed E-state index contributed by atoms with van der Waals surface area (Å²) in [5, 5.41) is 17.5. The molecule has 0 aromatic heterocycles. The number of carboxylic acid groups (broad SMARTS) is 2. The van der Waals surface area contributed by atoms with Gasteiger partial charge in [0.15, 0.2) is 0 Å². The zero-order valence-corrected chi connectivity index (χ0v) is 9.89. The lowest BCUT2D eigenvalue weighted by atomic mass is 10.1. The molecule has 0 saturated carbocycles. The minimum absolute atomic E-state index is 0.0455. The molecule has 96 valence electrons. The molecule has 0 spiro atoms. The Labute approximate surface area is 103 Å². The molecular formula is C10H14ClNO5. The van der Waals surface area contributed by atoms with Gasteiger partial charge in [-0.25, -0.2) is 4.79 Å². The Hall–Kier alpha value is -1.30. The number of nitrogens with zero attached hydrogens (tertiary/aromatic N) is 1. The second-order valence-corrected chi connectivity index (χ2v) is 4.37. The summed E-state index contributed by atoms with van der Waals surface area (Å²) >= 11 is 5.63. The summed E-state index contributed by atoms with van der Waals surface area (Å²) in [7, 11) is 0. The minimum Gasteiger partial charge on any atom is -0.481 e. The minimum atomic E-state index is -1.17. The molecule has 1 aliphatic heterocycles. The number of likely N-dealkylation sites (tertiary alicyclic amines) is 1. The lowest BCUT2D eigenvalue weighted by Crippen LogP contribution is -2.42. The van der Waals surface area contributed by atoms with Crippen molar-refractivity contribution < 1.29 is 24.6 Å². The summed E-state index contributed by atoms with van der Waals surface area (Å²) in [6.07, 6.45) is -0.113. The van der Waals surface area contributed by atoms with Crippen molar-refractivity contribution in [2.45, 2.75) is 25.3 Å². The van der Waals surface area contributed by atoms with Crippen LogP contribution in [0.15, 0.2) is 0 Å². The van der Waals surface area contributed by atoms with E-state index >= 15 is 0 Å². The fraction of sp³-hybridized carbons (Fsp3) is 0.700. The number of carbonyl (C=O) groups is 3. The van der Waals surface area contributed by atoms with E-state index in [1.54, 1.807) is 0 Å². The Morgan fingerprint density at radius 1 is 1.47 bits per heavy atom.